The fourth-order valence-corrected chi connectivity index (χ4v) is 1.78. The molecule has 0 saturated carbocycles. The quantitative estimate of drug-likeness (QED) is 0.690. The van der Waals surface area contributed by atoms with Crippen LogP contribution in [0.3, 0.4) is 0 Å². The second kappa shape index (κ2) is 8.25. The van der Waals surface area contributed by atoms with Gasteiger partial charge in [-0.25, -0.2) is 0 Å². The van der Waals surface area contributed by atoms with Gasteiger partial charge in [-0.15, -0.1) is 0 Å². The molecular formula is C12H28N2. The van der Waals surface area contributed by atoms with Gasteiger partial charge in [-0.05, 0) is 19.9 Å². The molecule has 1 atom stereocenters. The van der Waals surface area contributed by atoms with Crippen molar-refractivity contribution < 1.29 is 0 Å². The molecule has 0 aliphatic carbocycles. The lowest BCUT2D eigenvalue weighted by molar-refractivity contribution is 0.104. The Morgan fingerprint density at radius 2 is 1.50 bits per heavy atom. The molecule has 1 aliphatic heterocycles. The summed E-state index contributed by atoms with van der Waals surface area (Å²) in [7, 11) is 0. The summed E-state index contributed by atoms with van der Waals surface area (Å²) in [6.07, 6.45) is 1.28. The third-order valence-electron chi connectivity index (χ3n) is 3.07. The summed E-state index contributed by atoms with van der Waals surface area (Å²) in [6.45, 7) is 17.1. The number of hydrogen-bond acceptors (Lipinski definition) is 2. The molecule has 0 aromatic heterocycles. The van der Waals surface area contributed by atoms with Gasteiger partial charge in [0.25, 0.3) is 0 Å². The molecule has 1 saturated heterocycles. The number of piperazine rings is 1. The molecule has 1 rings (SSSR count). The lowest BCUT2D eigenvalue weighted by Gasteiger charge is -2.37. The van der Waals surface area contributed by atoms with Gasteiger partial charge in [0.2, 0.25) is 0 Å². The van der Waals surface area contributed by atoms with Crippen LogP contribution < -0.4 is 0 Å². The number of likely N-dealkylation sites (N-methyl/N-ethyl adjacent to an activating group) is 1. The van der Waals surface area contributed by atoms with Crippen molar-refractivity contribution in [3.05, 3.63) is 0 Å². The van der Waals surface area contributed by atoms with Crippen molar-refractivity contribution in [1.29, 1.82) is 0 Å². The Morgan fingerprint density at radius 1 is 1.00 bits per heavy atom. The molecular weight excluding hydrogens is 172 g/mol. The molecule has 0 aromatic carbocycles. The van der Waals surface area contributed by atoms with Crippen molar-refractivity contribution in [2.75, 3.05) is 32.7 Å². The van der Waals surface area contributed by atoms with E-state index in [2.05, 4.69) is 30.6 Å². The minimum absolute atomic E-state index is 0.781. The van der Waals surface area contributed by atoms with Gasteiger partial charge in [-0.1, -0.05) is 27.7 Å². The van der Waals surface area contributed by atoms with Gasteiger partial charge in [0, 0.05) is 32.2 Å². The summed E-state index contributed by atoms with van der Waals surface area (Å²) in [5.41, 5.74) is 0. The zero-order valence-corrected chi connectivity index (χ0v) is 10.7. The molecule has 1 aliphatic rings. The van der Waals surface area contributed by atoms with Crippen LogP contribution in [0.2, 0.25) is 0 Å². The smallest absolute Gasteiger partial charge is 0.0113 e. The summed E-state index contributed by atoms with van der Waals surface area (Å²) < 4.78 is 0. The fourth-order valence-electron chi connectivity index (χ4n) is 1.78. The first-order chi connectivity index (χ1) is 6.77. The van der Waals surface area contributed by atoms with Crippen LogP contribution in [0, 0.1) is 0 Å². The van der Waals surface area contributed by atoms with Crippen LogP contribution in [-0.2, 0) is 0 Å². The molecule has 0 bridgehead atoms. The Bertz CT molecular complexity index is 117. The SMILES string of the molecule is CC.CCC(C)N1CCN(CC)CC1. The van der Waals surface area contributed by atoms with Crippen molar-refractivity contribution in [3.63, 3.8) is 0 Å². The van der Waals surface area contributed by atoms with E-state index in [-0.39, 0.29) is 0 Å². The van der Waals surface area contributed by atoms with Gasteiger partial charge >= 0.3 is 0 Å². The molecule has 0 spiro atoms. The summed E-state index contributed by atoms with van der Waals surface area (Å²) in [4.78, 5) is 5.13. The van der Waals surface area contributed by atoms with E-state index in [9.17, 15) is 0 Å². The van der Waals surface area contributed by atoms with Crippen LogP contribution in [0.15, 0.2) is 0 Å². The normalized spacial score (nSPS) is 21.2. The lowest BCUT2D eigenvalue weighted by Crippen LogP contribution is -2.49. The fraction of sp³-hybridized carbons (Fsp3) is 1.00. The minimum Gasteiger partial charge on any atom is -0.301 e. The zero-order chi connectivity index (χ0) is 11.0. The van der Waals surface area contributed by atoms with Crippen molar-refractivity contribution in [2.24, 2.45) is 0 Å². The van der Waals surface area contributed by atoms with Crippen LogP contribution in [0.5, 0.6) is 0 Å². The maximum absolute atomic E-state index is 2.60. The highest BCUT2D eigenvalue weighted by atomic mass is 15.3. The Balaban J connectivity index is 0.000000791. The summed E-state index contributed by atoms with van der Waals surface area (Å²) >= 11 is 0. The first-order valence-electron chi connectivity index (χ1n) is 6.24. The largest absolute Gasteiger partial charge is 0.301 e. The Hall–Kier alpha value is -0.0800. The van der Waals surface area contributed by atoms with Crippen LogP contribution in [-0.4, -0.2) is 48.6 Å². The maximum Gasteiger partial charge on any atom is 0.0113 e. The van der Waals surface area contributed by atoms with Crippen LogP contribution >= 0.6 is 0 Å². The monoisotopic (exact) mass is 200 g/mol. The average Bonchev–Trinajstić information content (AvgIpc) is 2.31. The second-order valence-corrected chi connectivity index (χ2v) is 3.73. The summed E-state index contributed by atoms with van der Waals surface area (Å²) in [6, 6.07) is 0.781. The molecule has 1 unspecified atom stereocenters. The molecule has 0 radical (unpaired) electrons. The van der Waals surface area contributed by atoms with Crippen molar-refractivity contribution >= 4 is 0 Å². The molecule has 0 amide bonds. The third kappa shape index (κ3) is 4.43. The van der Waals surface area contributed by atoms with E-state index in [0.717, 1.165) is 6.04 Å². The number of nitrogens with zero attached hydrogens (tertiary/aromatic N) is 2. The van der Waals surface area contributed by atoms with Gasteiger partial charge < -0.3 is 4.90 Å². The third-order valence-corrected chi connectivity index (χ3v) is 3.07. The highest BCUT2D eigenvalue weighted by molar-refractivity contribution is 4.74. The second-order valence-electron chi connectivity index (χ2n) is 3.73. The van der Waals surface area contributed by atoms with E-state index in [1.807, 2.05) is 13.8 Å². The first-order valence-corrected chi connectivity index (χ1v) is 6.24. The molecule has 86 valence electrons. The van der Waals surface area contributed by atoms with Gasteiger partial charge in [-0.2, -0.15) is 0 Å². The van der Waals surface area contributed by atoms with Crippen molar-refractivity contribution in [2.45, 2.75) is 47.1 Å². The first kappa shape index (κ1) is 13.9. The van der Waals surface area contributed by atoms with Crippen LogP contribution in [0.4, 0.5) is 0 Å². The van der Waals surface area contributed by atoms with Crippen molar-refractivity contribution in [3.8, 4) is 0 Å². The van der Waals surface area contributed by atoms with E-state index in [0.29, 0.717) is 0 Å². The van der Waals surface area contributed by atoms with E-state index in [1.54, 1.807) is 0 Å². The van der Waals surface area contributed by atoms with Crippen LogP contribution in [0.1, 0.15) is 41.0 Å². The zero-order valence-electron chi connectivity index (χ0n) is 10.7. The molecule has 0 N–H and O–H groups in total. The number of hydrogen-bond donors (Lipinski definition) is 0. The molecule has 1 heterocycles. The van der Waals surface area contributed by atoms with Crippen molar-refractivity contribution in [1.82, 2.24) is 9.80 Å². The van der Waals surface area contributed by atoms with Gasteiger partial charge in [0.1, 0.15) is 0 Å². The highest BCUT2D eigenvalue weighted by Crippen LogP contribution is 2.07. The van der Waals surface area contributed by atoms with E-state index < -0.39 is 0 Å². The number of rotatable bonds is 3. The van der Waals surface area contributed by atoms with Gasteiger partial charge in [-0.3, -0.25) is 4.90 Å². The van der Waals surface area contributed by atoms with E-state index in [1.165, 1.54) is 39.1 Å². The maximum atomic E-state index is 2.60. The molecule has 1 fully saturated rings. The highest BCUT2D eigenvalue weighted by Gasteiger charge is 2.18. The summed E-state index contributed by atoms with van der Waals surface area (Å²) in [5, 5.41) is 0. The molecule has 2 heteroatoms. The van der Waals surface area contributed by atoms with Crippen LogP contribution in [0.25, 0.3) is 0 Å². The Morgan fingerprint density at radius 3 is 1.86 bits per heavy atom. The molecule has 0 aromatic rings. The Labute approximate surface area is 90.3 Å². The minimum atomic E-state index is 0.781. The van der Waals surface area contributed by atoms with E-state index in [4.69, 9.17) is 0 Å². The molecule has 14 heavy (non-hydrogen) atoms. The predicted molar refractivity (Wildman–Crippen MR) is 64.8 cm³/mol. The van der Waals surface area contributed by atoms with E-state index >= 15 is 0 Å². The molecule has 2 nitrogen and oxygen atoms in total. The topological polar surface area (TPSA) is 6.48 Å². The van der Waals surface area contributed by atoms with Gasteiger partial charge in [0.05, 0.1) is 0 Å². The Kier molecular flexibility index (Phi) is 8.20. The summed E-state index contributed by atoms with van der Waals surface area (Å²) in [5.74, 6) is 0. The van der Waals surface area contributed by atoms with Gasteiger partial charge in [0.15, 0.2) is 0 Å². The predicted octanol–water partition coefficient (Wildman–Crippen LogP) is 2.45. The lowest BCUT2D eigenvalue weighted by atomic mass is 10.2. The average molecular weight is 200 g/mol. The standard InChI is InChI=1S/C10H22N2.C2H6/c1-4-10(3)12-8-6-11(5-2)7-9-12;1-2/h10H,4-9H2,1-3H3;1-2H3.